The van der Waals surface area contributed by atoms with Crippen molar-refractivity contribution in [2.75, 3.05) is 19.5 Å². The largest absolute Gasteiger partial charge is 0.506 e. The second-order valence-electron chi connectivity index (χ2n) is 2.13. The van der Waals surface area contributed by atoms with Crippen molar-refractivity contribution < 1.29 is 9.84 Å². The van der Waals surface area contributed by atoms with Gasteiger partial charge in [-0.2, -0.15) is 0 Å². The zero-order valence-electron chi connectivity index (χ0n) is 6.59. The van der Waals surface area contributed by atoms with Crippen molar-refractivity contribution in [2.45, 2.75) is 0 Å². The molecule has 0 unspecified atom stereocenters. The minimum Gasteiger partial charge on any atom is -0.506 e. The van der Waals surface area contributed by atoms with Crippen LogP contribution in [0.1, 0.15) is 0 Å². The highest BCUT2D eigenvalue weighted by Gasteiger charge is 1.98. The molecule has 0 atom stereocenters. The van der Waals surface area contributed by atoms with Crippen LogP contribution in [0.2, 0.25) is 0 Å². The first-order valence-electron chi connectivity index (χ1n) is 3.32. The summed E-state index contributed by atoms with van der Waals surface area (Å²) >= 11 is 0. The number of ether oxygens (including phenoxy) is 1. The lowest BCUT2D eigenvalue weighted by molar-refractivity contribution is 0.413. The molecular weight excluding hydrogens is 142 g/mol. The first-order valence-corrected chi connectivity index (χ1v) is 3.32. The fourth-order valence-electron chi connectivity index (χ4n) is 0.842. The zero-order valence-corrected chi connectivity index (χ0v) is 6.59. The number of anilines is 1. The Bertz CT molecular complexity index is 248. The van der Waals surface area contributed by atoms with Gasteiger partial charge in [0, 0.05) is 13.1 Å². The lowest BCUT2D eigenvalue weighted by Gasteiger charge is -2.05. The predicted molar refractivity (Wildman–Crippen MR) is 44.2 cm³/mol. The number of phenols is 1. The molecule has 1 aromatic carbocycles. The van der Waals surface area contributed by atoms with Gasteiger partial charge in [0.2, 0.25) is 0 Å². The van der Waals surface area contributed by atoms with Gasteiger partial charge in [0.15, 0.2) is 0 Å². The minimum absolute atomic E-state index is 0.230. The summed E-state index contributed by atoms with van der Waals surface area (Å²) in [4.78, 5) is 0. The molecule has 1 aromatic rings. The van der Waals surface area contributed by atoms with Crippen LogP contribution >= 0.6 is 0 Å². The van der Waals surface area contributed by atoms with E-state index in [2.05, 4.69) is 5.32 Å². The van der Waals surface area contributed by atoms with Gasteiger partial charge in [0.05, 0.1) is 12.8 Å². The highest BCUT2D eigenvalue weighted by atomic mass is 16.5. The summed E-state index contributed by atoms with van der Waals surface area (Å²) in [5.74, 6) is 0.959. The maximum Gasteiger partial charge on any atom is 0.138 e. The summed E-state index contributed by atoms with van der Waals surface area (Å²) in [6.45, 7) is 0. The maximum absolute atomic E-state index is 9.21. The number of hydrogen-bond donors (Lipinski definition) is 2. The summed E-state index contributed by atoms with van der Waals surface area (Å²) in [5, 5.41) is 12.1. The van der Waals surface area contributed by atoms with Gasteiger partial charge >= 0.3 is 0 Å². The van der Waals surface area contributed by atoms with E-state index >= 15 is 0 Å². The predicted octanol–water partition coefficient (Wildman–Crippen LogP) is 1.44. The van der Waals surface area contributed by atoms with Crippen LogP contribution in [0.5, 0.6) is 11.5 Å². The molecule has 0 saturated heterocycles. The zero-order chi connectivity index (χ0) is 8.27. The third kappa shape index (κ3) is 1.55. The van der Waals surface area contributed by atoms with Gasteiger partial charge in [0.25, 0.3) is 0 Å². The molecule has 0 aromatic heterocycles. The number of aromatic hydroxyl groups is 1. The fraction of sp³-hybridized carbons (Fsp3) is 0.250. The van der Waals surface area contributed by atoms with Gasteiger partial charge < -0.3 is 15.2 Å². The molecule has 0 spiro atoms. The number of phenolic OH excluding ortho intramolecular Hbond substituents is 1. The number of rotatable bonds is 2. The summed E-state index contributed by atoms with van der Waals surface area (Å²) in [6.07, 6.45) is 0. The Labute approximate surface area is 65.6 Å². The van der Waals surface area contributed by atoms with E-state index in [1.165, 1.54) is 0 Å². The molecule has 0 aliphatic heterocycles. The molecule has 1 rings (SSSR count). The Morgan fingerprint density at radius 2 is 2.18 bits per heavy atom. The van der Waals surface area contributed by atoms with E-state index in [1.54, 1.807) is 32.4 Å². The Morgan fingerprint density at radius 3 is 2.73 bits per heavy atom. The van der Waals surface area contributed by atoms with Crippen molar-refractivity contribution in [1.29, 1.82) is 0 Å². The van der Waals surface area contributed by atoms with Crippen molar-refractivity contribution >= 4 is 5.69 Å². The molecule has 3 heteroatoms. The lowest BCUT2D eigenvalue weighted by Crippen LogP contribution is -1.89. The van der Waals surface area contributed by atoms with Gasteiger partial charge in [0.1, 0.15) is 11.5 Å². The normalized spacial score (nSPS) is 9.27. The van der Waals surface area contributed by atoms with Gasteiger partial charge in [-0.05, 0) is 12.1 Å². The first-order chi connectivity index (χ1) is 5.27. The van der Waals surface area contributed by atoms with E-state index in [9.17, 15) is 5.11 Å². The second kappa shape index (κ2) is 3.14. The van der Waals surface area contributed by atoms with Crippen LogP contribution in [0.3, 0.4) is 0 Å². The number of nitrogens with one attached hydrogen (secondary N) is 1. The Balaban J connectivity index is 3.02. The Morgan fingerprint density at radius 1 is 1.45 bits per heavy atom. The van der Waals surface area contributed by atoms with Crippen LogP contribution in [-0.2, 0) is 0 Å². The maximum atomic E-state index is 9.21. The van der Waals surface area contributed by atoms with Crippen LogP contribution in [0.15, 0.2) is 18.2 Å². The van der Waals surface area contributed by atoms with Crippen molar-refractivity contribution in [2.24, 2.45) is 0 Å². The molecule has 0 aliphatic carbocycles. The molecule has 11 heavy (non-hydrogen) atoms. The molecular formula is C8H11NO2. The summed E-state index contributed by atoms with van der Waals surface area (Å²) in [7, 11) is 3.33. The first kappa shape index (κ1) is 7.72. The van der Waals surface area contributed by atoms with Crippen molar-refractivity contribution in [3.05, 3.63) is 18.2 Å². The number of hydrogen-bond acceptors (Lipinski definition) is 3. The van der Waals surface area contributed by atoms with Gasteiger partial charge in [-0.3, -0.25) is 0 Å². The quantitative estimate of drug-likeness (QED) is 0.632. The molecule has 0 aliphatic rings. The molecule has 0 radical (unpaired) electrons. The van der Waals surface area contributed by atoms with Crippen LogP contribution in [0.4, 0.5) is 5.69 Å². The van der Waals surface area contributed by atoms with E-state index in [1.807, 2.05) is 0 Å². The average Bonchev–Trinajstić information content (AvgIpc) is 2.05. The average molecular weight is 153 g/mol. The van der Waals surface area contributed by atoms with Crippen molar-refractivity contribution in [3.63, 3.8) is 0 Å². The highest BCUT2D eigenvalue weighted by molar-refractivity contribution is 5.58. The van der Waals surface area contributed by atoms with E-state index in [0.717, 1.165) is 5.75 Å². The summed E-state index contributed by atoms with van der Waals surface area (Å²) in [5.41, 5.74) is 0.671. The standard InChI is InChI=1S/C8H11NO2/c1-9-7-5-6(11-2)3-4-8(7)10/h3-5,9-10H,1-2H3. The fourth-order valence-corrected chi connectivity index (χ4v) is 0.842. The monoisotopic (exact) mass is 153 g/mol. The van der Waals surface area contributed by atoms with E-state index in [0.29, 0.717) is 5.69 Å². The summed E-state index contributed by atoms with van der Waals surface area (Å²) in [6, 6.07) is 5.02. The molecule has 0 saturated carbocycles. The Hall–Kier alpha value is -1.38. The molecule has 0 bridgehead atoms. The molecule has 3 nitrogen and oxygen atoms in total. The van der Waals surface area contributed by atoms with E-state index in [4.69, 9.17) is 4.74 Å². The molecule has 60 valence electrons. The lowest BCUT2D eigenvalue weighted by atomic mass is 10.3. The SMILES string of the molecule is CNc1cc(OC)ccc1O. The van der Waals surface area contributed by atoms with Crippen LogP contribution in [0.25, 0.3) is 0 Å². The van der Waals surface area contributed by atoms with E-state index in [-0.39, 0.29) is 5.75 Å². The van der Waals surface area contributed by atoms with Crippen molar-refractivity contribution in [3.8, 4) is 11.5 Å². The van der Waals surface area contributed by atoms with Crippen LogP contribution in [0, 0.1) is 0 Å². The third-order valence-corrected chi connectivity index (χ3v) is 1.47. The van der Waals surface area contributed by atoms with Crippen molar-refractivity contribution in [1.82, 2.24) is 0 Å². The van der Waals surface area contributed by atoms with E-state index < -0.39 is 0 Å². The smallest absolute Gasteiger partial charge is 0.138 e. The topological polar surface area (TPSA) is 41.5 Å². The highest BCUT2D eigenvalue weighted by Crippen LogP contribution is 2.26. The van der Waals surface area contributed by atoms with Crippen LogP contribution in [-0.4, -0.2) is 19.3 Å². The molecule has 0 fully saturated rings. The number of methoxy groups -OCH3 is 1. The Kier molecular flexibility index (Phi) is 2.21. The summed E-state index contributed by atoms with van der Waals surface area (Å²) < 4.78 is 4.96. The van der Waals surface area contributed by atoms with Gasteiger partial charge in [-0.25, -0.2) is 0 Å². The molecule has 0 amide bonds. The molecule has 2 N–H and O–H groups in total. The van der Waals surface area contributed by atoms with Crippen LogP contribution < -0.4 is 10.1 Å². The second-order valence-corrected chi connectivity index (χ2v) is 2.13. The third-order valence-electron chi connectivity index (χ3n) is 1.47. The molecule has 0 heterocycles. The minimum atomic E-state index is 0.230. The van der Waals surface area contributed by atoms with Gasteiger partial charge in [-0.15, -0.1) is 0 Å². The van der Waals surface area contributed by atoms with Gasteiger partial charge in [-0.1, -0.05) is 0 Å². The number of benzene rings is 1.